The Morgan fingerprint density at radius 1 is 0.882 bits per heavy atom. The van der Waals surface area contributed by atoms with Crippen molar-refractivity contribution in [3.05, 3.63) is 78.8 Å². The summed E-state index contributed by atoms with van der Waals surface area (Å²) >= 11 is 0. The first-order valence-electron chi connectivity index (χ1n) is 11.3. The Morgan fingerprint density at radius 2 is 1.65 bits per heavy atom. The number of hydrogen-bond acceptors (Lipinski definition) is 6. The molecule has 34 heavy (non-hydrogen) atoms. The summed E-state index contributed by atoms with van der Waals surface area (Å²) < 4.78 is 1.75. The van der Waals surface area contributed by atoms with Crippen molar-refractivity contribution >= 4 is 33.7 Å². The highest BCUT2D eigenvalue weighted by Crippen LogP contribution is 2.27. The van der Waals surface area contributed by atoms with E-state index in [0.717, 1.165) is 39.0 Å². The molecule has 0 unspecified atom stereocenters. The highest BCUT2D eigenvalue weighted by atomic mass is 16.2. The van der Waals surface area contributed by atoms with Gasteiger partial charge in [0.25, 0.3) is 5.91 Å². The standard InChI is InChI=1S/C26H23N7O/c1-31-24-21(16-29-31)25(28-17-27-24)32-11-13-33(14-12-32)26(34)20-15-23(18-7-3-2-4-8-18)30-22-10-6-5-9-19(20)22/h2-10,15-17H,11-14H2,1H3. The van der Waals surface area contributed by atoms with Crippen molar-refractivity contribution in [2.24, 2.45) is 7.05 Å². The maximum atomic E-state index is 13.7. The van der Waals surface area contributed by atoms with Crippen LogP contribution in [-0.2, 0) is 7.05 Å². The lowest BCUT2D eigenvalue weighted by molar-refractivity contribution is 0.0748. The molecule has 168 valence electrons. The quantitative estimate of drug-likeness (QED) is 0.419. The number of pyridine rings is 1. The molecule has 8 heteroatoms. The Kier molecular flexibility index (Phi) is 4.91. The number of para-hydroxylation sites is 1. The number of carbonyl (C=O) groups excluding carboxylic acids is 1. The van der Waals surface area contributed by atoms with Gasteiger partial charge in [0, 0.05) is 44.2 Å². The Morgan fingerprint density at radius 3 is 2.47 bits per heavy atom. The van der Waals surface area contributed by atoms with Crippen molar-refractivity contribution in [3.8, 4) is 11.3 Å². The van der Waals surface area contributed by atoms with Crippen LogP contribution < -0.4 is 4.90 Å². The van der Waals surface area contributed by atoms with Gasteiger partial charge in [-0.3, -0.25) is 9.48 Å². The van der Waals surface area contributed by atoms with E-state index in [1.807, 2.05) is 72.6 Å². The zero-order valence-electron chi connectivity index (χ0n) is 18.8. The molecule has 5 aromatic rings. The molecule has 6 rings (SSSR count). The number of fused-ring (bicyclic) bond motifs is 2. The van der Waals surface area contributed by atoms with E-state index < -0.39 is 0 Å². The number of nitrogens with zero attached hydrogens (tertiary/aromatic N) is 7. The van der Waals surface area contributed by atoms with Crippen LogP contribution >= 0.6 is 0 Å². The van der Waals surface area contributed by atoms with Gasteiger partial charge < -0.3 is 9.80 Å². The minimum absolute atomic E-state index is 0.0321. The lowest BCUT2D eigenvalue weighted by atomic mass is 10.0. The summed E-state index contributed by atoms with van der Waals surface area (Å²) in [5.74, 6) is 0.899. The van der Waals surface area contributed by atoms with Gasteiger partial charge in [0.2, 0.25) is 0 Å². The maximum Gasteiger partial charge on any atom is 0.254 e. The monoisotopic (exact) mass is 449 g/mol. The van der Waals surface area contributed by atoms with E-state index in [-0.39, 0.29) is 5.91 Å². The summed E-state index contributed by atoms with van der Waals surface area (Å²) in [6.45, 7) is 2.62. The van der Waals surface area contributed by atoms with E-state index in [9.17, 15) is 4.79 Å². The number of hydrogen-bond donors (Lipinski definition) is 0. The number of carbonyl (C=O) groups is 1. The van der Waals surface area contributed by atoms with E-state index in [0.29, 0.717) is 31.7 Å². The number of piperazine rings is 1. The van der Waals surface area contributed by atoms with Crippen LogP contribution in [0.5, 0.6) is 0 Å². The molecule has 0 bridgehead atoms. The highest BCUT2D eigenvalue weighted by molar-refractivity contribution is 6.07. The van der Waals surface area contributed by atoms with Crippen LogP contribution in [0.15, 0.2) is 73.2 Å². The third-order valence-electron chi connectivity index (χ3n) is 6.39. The number of aryl methyl sites for hydroxylation is 1. The molecule has 3 aromatic heterocycles. The molecule has 1 aliphatic heterocycles. The average Bonchev–Trinajstić information content (AvgIpc) is 3.29. The fourth-order valence-corrected chi connectivity index (χ4v) is 4.60. The molecule has 4 heterocycles. The number of anilines is 1. The highest BCUT2D eigenvalue weighted by Gasteiger charge is 2.26. The maximum absolute atomic E-state index is 13.7. The summed E-state index contributed by atoms with van der Waals surface area (Å²) in [5.41, 5.74) is 4.12. The first-order valence-corrected chi connectivity index (χ1v) is 11.3. The van der Waals surface area contributed by atoms with Crippen molar-refractivity contribution < 1.29 is 4.79 Å². The zero-order valence-corrected chi connectivity index (χ0v) is 18.8. The van der Waals surface area contributed by atoms with E-state index >= 15 is 0 Å². The van der Waals surface area contributed by atoms with Gasteiger partial charge >= 0.3 is 0 Å². The largest absolute Gasteiger partial charge is 0.352 e. The lowest BCUT2D eigenvalue weighted by Gasteiger charge is -2.35. The van der Waals surface area contributed by atoms with Crippen molar-refractivity contribution in [2.45, 2.75) is 0 Å². The van der Waals surface area contributed by atoms with E-state index in [1.54, 1.807) is 17.2 Å². The Hall–Kier alpha value is -4.33. The first-order chi connectivity index (χ1) is 16.7. The molecule has 1 fully saturated rings. The lowest BCUT2D eigenvalue weighted by Crippen LogP contribution is -2.49. The second kappa shape index (κ2) is 8.22. The van der Waals surface area contributed by atoms with Gasteiger partial charge in [-0.2, -0.15) is 5.10 Å². The second-order valence-electron chi connectivity index (χ2n) is 8.42. The smallest absolute Gasteiger partial charge is 0.254 e. The molecule has 0 aliphatic carbocycles. The zero-order chi connectivity index (χ0) is 23.1. The Balaban J connectivity index is 1.29. The fourth-order valence-electron chi connectivity index (χ4n) is 4.60. The molecule has 0 spiro atoms. The van der Waals surface area contributed by atoms with Crippen molar-refractivity contribution in [1.82, 2.24) is 29.6 Å². The van der Waals surface area contributed by atoms with Crippen molar-refractivity contribution in [1.29, 1.82) is 0 Å². The SMILES string of the molecule is Cn1ncc2c(N3CCN(C(=O)c4cc(-c5ccccc5)nc5ccccc45)CC3)ncnc21. The van der Waals surface area contributed by atoms with E-state index in [1.165, 1.54) is 0 Å². The van der Waals surface area contributed by atoms with Crippen LogP contribution in [0.25, 0.3) is 33.2 Å². The van der Waals surface area contributed by atoms with Crippen molar-refractivity contribution in [2.75, 3.05) is 31.1 Å². The van der Waals surface area contributed by atoms with Gasteiger partial charge in [-0.1, -0.05) is 48.5 Å². The third kappa shape index (κ3) is 3.44. The van der Waals surface area contributed by atoms with Gasteiger partial charge in [-0.25, -0.2) is 15.0 Å². The minimum Gasteiger partial charge on any atom is -0.352 e. The summed E-state index contributed by atoms with van der Waals surface area (Å²) in [6, 6.07) is 19.8. The second-order valence-corrected chi connectivity index (χ2v) is 8.42. The summed E-state index contributed by atoms with van der Waals surface area (Å²) in [4.78, 5) is 31.5. The normalized spacial score (nSPS) is 14.1. The molecular formula is C26H23N7O. The van der Waals surface area contributed by atoms with Gasteiger partial charge in [0.1, 0.15) is 12.1 Å². The van der Waals surface area contributed by atoms with Crippen LogP contribution in [0.4, 0.5) is 5.82 Å². The molecular weight excluding hydrogens is 426 g/mol. The summed E-state index contributed by atoms with van der Waals surface area (Å²) in [6.07, 6.45) is 3.38. The van der Waals surface area contributed by atoms with Gasteiger partial charge in [0.15, 0.2) is 5.65 Å². The first kappa shape index (κ1) is 20.3. The Labute approximate surface area is 196 Å². The van der Waals surface area contributed by atoms with E-state index in [2.05, 4.69) is 20.0 Å². The summed E-state index contributed by atoms with van der Waals surface area (Å²) in [5, 5.41) is 6.12. The number of rotatable bonds is 3. The predicted octanol–water partition coefficient (Wildman–Crippen LogP) is 3.54. The molecule has 0 atom stereocenters. The van der Waals surface area contributed by atoms with Crippen molar-refractivity contribution in [3.63, 3.8) is 0 Å². The summed E-state index contributed by atoms with van der Waals surface area (Å²) in [7, 11) is 1.87. The molecule has 8 nitrogen and oxygen atoms in total. The molecule has 1 aliphatic rings. The predicted molar refractivity (Wildman–Crippen MR) is 132 cm³/mol. The molecule has 0 radical (unpaired) electrons. The van der Waals surface area contributed by atoms with Gasteiger partial charge in [0.05, 0.1) is 28.4 Å². The third-order valence-corrected chi connectivity index (χ3v) is 6.39. The van der Waals surface area contributed by atoms with Gasteiger partial charge in [-0.05, 0) is 12.1 Å². The van der Waals surface area contributed by atoms with Crippen LogP contribution in [0.3, 0.4) is 0 Å². The molecule has 0 N–H and O–H groups in total. The van der Waals surface area contributed by atoms with Crippen LogP contribution in [0.2, 0.25) is 0 Å². The van der Waals surface area contributed by atoms with Crippen LogP contribution in [0, 0.1) is 0 Å². The van der Waals surface area contributed by atoms with Crippen LogP contribution in [0.1, 0.15) is 10.4 Å². The fraction of sp³-hybridized carbons (Fsp3) is 0.192. The minimum atomic E-state index is 0.0321. The molecule has 2 aromatic carbocycles. The van der Waals surface area contributed by atoms with Gasteiger partial charge in [-0.15, -0.1) is 0 Å². The van der Waals surface area contributed by atoms with Crippen LogP contribution in [-0.4, -0.2) is 61.7 Å². The van der Waals surface area contributed by atoms with E-state index in [4.69, 9.17) is 4.98 Å². The topological polar surface area (TPSA) is 80.0 Å². The molecule has 0 saturated carbocycles. The number of benzene rings is 2. The molecule has 1 amide bonds. The average molecular weight is 450 g/mol. The Bertz CT molecular complexity index is 1500. The molecule has 1 saturated heterocycles. The number of amides is 1. The number of aromatic nitrogens is 5.